The van der Waals surface area contributed by atoms with E-state index in [4.69, 9.17) is 4.74 Å². The zero-order chi connectivity index (χ0) is 17.0. The molecular weight excluding hydrogens is 302 g/mol. The number of piperidine rings is 1. The van der Waals surface area contributed by atoms with Crippen LogP contribution in [0.3, 0.4) is 0 Å². The summed E-state index contributed by atoms with van der Waals surface area (Å²) in [6.07, 6.45) is 1.04. The molecule has 1 aromatic carbocycles. The molecule has 0 spiro atoms. The topological polar surface area (TPSA) is 41.6 Å². The Labute approximate surface area is 135 Å². The molecule has 0 aromatic heterocycles. The van der Waals surface area contributed by atoms with E-state index in [2.05, 4.69) is 5.32 Å². The molecule has 0 radical (unpaired) electrons. The lowest BCUT2D eigenvalue weighted by Gasteiger charge is -2.32. The van der Waals surface area contributed by atoms with Crippen molar-refractivity contribution in [1.29, 1.82) is 0 Å². The van der Waals surface area contributed by atoms with Gasteiger partial charge in [0.05, 0.1) is 0 Å². The molecule has 1 aliphatic heterocycles. The molecule has 0 saturated carbocycles. The first-order chi connectivity index (χ1) is 10.7. The van der Waals surface area contributed by atoms with Gasteiger partial charge in [-0.2, -0.15) is 0 Å². The molecule has 1 saturated heterocycles. The first-order valence-electron chi connectivity index (χ1n) is 7.89. The highest BCUT2D eigenvalue weighted by Crippen LogP contribution is 2.18. The van der Waals surface area contributed by atoms with Gasteiger partial charge in [-0.05, 0) is 45.7 Å². The van der Waals surface area contributed by atoms with Crippen LogP contribution in [0.15, 0.2) is 18.2 Å². The summed E-state index contributed by atoms with van der Waals surface area (Å²) < 4.78 is 32.6. The molecule has 1 fully saturated rings. The normalized spacial score (nSPS) is 17.1. The number of ether oxygens (including phenoxy) is 1. The zero-order valence-corrected chi connectivity index (χ0v) is 13.9. The van der Waals surface area contributed by atoms with E-state index in [0.29, 0.717) is 13.1 Å². The molecular formula is C17H24F2N2O2. The van der Waals surface area contributed by atoms with E-state index in [1.54, 1.807) is 0 Å². The van der Waals surface area contributed by atoms with Crippen molar-refractivity contribution in [3.05, 3.63) is 35.4 Å². The van der Waals surface area contributed by atoms with Crippen molar-refractivity contribution in [3.63, 3.8) is 0 Å². The van der Waals surface area contributed by atoms with Crippen molar-refractivity contribution in [2.45, 2.75) is 51.8 Å². The van der Waals surface area contributed by atoms with E-state index >= 15 is 0 Å². The fraction of sp³-hybridized carbons (Fsp3) is 0.588. The van der Waals surface area contributed by atoms with Crippen LogP contribution in [0, 0.1) is 11.6 Å². The third-order valence-electron chi connectivity index (χ3n) is 3.75. The van der Waals surface area contributed by atoms with Gasteiger partial charge in [0, 0.05) is 31.2 Å². The van der Waals surface area contributed by atoms with Gasteiger partial charge in [0.2, 0.25) is 0 Å². The van der Waals surface area contributed by atoms with Crippen molar-refractivity contribution < 1.29 is 18.3 Å². The molecule has 0 unspecified atom stereocenters. The molecule has 1 amide bonds. The number of carbonyl (C=O) groups excluding carboxylic acids is 1. The number of benzene rings is 1. The Morgan fingerprint density at radius 3 is 2.35 bits per heavy atom. The Morgan fingerprint density at radius 2 is 1.83 bits per heavy atom. The maximum absolute atomic E-state index is 13.7. The summed E-state index contributed by atoms with van der Waals surface area (Å²) >= 11 is 0. The standard InChI is InChI=1S/C17H24F2N2O2/c1-17(2,3)23-16(22)20-12-7-9-21(10-8-12)11-13-14(18)5-4-6-15(13)19/h4-6,12H,7-11H2,1-3H3,(H,20,22). The highest BCUT2D eigenvalue weighted by molar-refractivity contribution is 5.68. The summed E-state index contributed by atoms with van der Waals surface area (Å²) in [6.45, 7) is 7.05. The minimum atomic E-state index is -0.521. The Morgan fingerprint density at radius 1 is 1.26 bits per heavy atom. The molecule has 1 aromatic rings. The van der Waals surface area contributed by atoms with Gasteiger partial charge in [0.25, 0.3) is 0 Å². The molecule has 0 bridgehead atoms. The number of nitrogens with zero attached hydrogens (tertiary/aromatic N) is 1. The van der Waals surface area contributed by atoms with Crippen LogP contribution < -0.4 is 5.32 Å². The van der Waals surface area contributed by atoms with E-state index in [9.17, 15) is 13.6 Å². The van der Waals surface area contributed by atoms with E-state index < -0.39 is 23.3 Å². The van der Waals surface area contributed by atoms with Crippen molar-refractivity contribution in [3.8, 4) is 0 Å². The molecule has 1 heterocycles. The third-order valence-corrected chi connectivity index (χ3v) is 3.75. The summed E-state index contributed by atoms with van der Waals surface area (Å²) in [5.41, 5.74) is -0.418. The second kappa shape index (κ2) is 7.25. The van der Waals surface area contributed by atoms with Crippen LogP contribution in [0.25, 0.3) is 0 Å². The number of likely N-dealkylation sites (tertiary alicyclic amines) is 1. The number of halogens is 2. The molecule has 1 N–H and O–H groups in total. The number of carbonyl (C=O) groups is 1. The number of hydrogen-bond acceptors (Lipinski definition) is 3. The highest BCUT2D eigenvalue weighted by atomic mass is 19.1. The molecule has 1 aliphatic rings. The van der Waals surface area contributed by atoms with Crippen molar-refractivity contribution in [1.82, 2.24) is 10.2 Å². The minimum Gasteiger partial charge on any atom is -0.444 e. The Hall–Kier alpha value is -1.69. The Kier molecular flexibility index (Phi) is 5.57. The summed E-state index contributed by atoms with van der Waals surface area (Å²) in [4.78, 5) is 13.7. The second-order valence-electron chi connectivity index (χ2n) is 6.90. The monoisotopic (exact) mass is 326 g/mol. The number of rotatable bonds is 3. The van der Waals surface area contributed by atoms with Gasteiger partial charge in [-0.1, -0.05) is 6.07 Å². The van der Waals surface area contributed by atoms with E-state index in [0.717, 1.165) is 12.8 Å². The van der Waals surface area contributed by atoms with Gasteiger partial charge in [-0.25, -0.2) is 13.6 Å². The molecule has 0 atom stereocenters. The lowest BCUT2D eigenvalue weighted by atomic mass is 10.0. The SMILES string of the molecule is CC(C)(C)OC(=O)NC1CCN(Cc2c(F)cccc2F)CC1. The molecule has 0 aliphatic carbocycles. The maximum atomic E-state index is 13.7. The third kappa shape index (κ3) is 5.46. The highest BCUT2D eigenvalue weighted by Gasteiger charge is 2.24. The largest absolute Gasteiger partial charge is 0.444 e. The van der Waals surface area contributed by atoms with Crippen LogP contribution in [0.1, 0.15) is 39.2 Å². The van der Waals surface area contributed by atoms with Gasteiger partial charge in [0.15, 0.2) is 0 Å². The molecule has 23 heavy (non-hydrogen) atoms. The Balaban J connectivity index is 1.81. The first-order valence-corrected chi connectivity index (χ1v) is 7.89. The summed E-state index contributed by atoms with van der Waals surface area (Å²) in [7, 11) is 0. The smallest absolute Gasteiger partial charge is 0.407 e. The fourth-order valence-electron chi connectivity index (χ4n) is 2.62. The number of nitrogens with one attached hydrogen (secondary N) is 1. The predicted octanol–water partition coefficient (Wildman–Crippen LogP) is 3.45. The van der Waals surface area contributed by atoms with Gasteiger partial charge < -0.3 is 10.1 Å². The molecule has 4 nitrogen and oxygen atoms in total. The van der Waals surface area contributed by atoms with E-state index in [-0.39, 0.29) is 18.2 Å². The van der Waals surface area contributed by atoms with Crippen LogP contribution in [-0.4, -0.2) is 35.7 Å². The lowest BCUT2D eigenvalue weighted by Crippen LogP contribution is -2.46. The van der Waals surface area contributed by atoms with Gasteiger partial charge >= 0.3 is 6.09 Å². The fourth-order valence-corrected chi connectivity index (χ4v) is 2.62. The van der Waals surface area contributed by atoms with Crippen molar-refractivity contribution in [2.75, 3.05) is 13.1 Å². The average molecular weight is 326 g/mol. The Bertz CT molecular complexity index is 530. The van der Waals surface area contributed by atoms with E-state index in [1.165, 1.54) is 18.2 Å². The minimum absolute atomic E-state index is 0.0339. The first kappa shape index (κ1) is 17.7. The van der Waals surface area contributed by atoms with Crippen LogP contribution in [0.5, 0.6) is 0 Å². The summed E-state index contributed by atoms with van der Waals surface area (Å²) in [6, 6.07) is 3.95. The van der Waals surface area contributed by atoms with E-state index in [1.807, 2.05) is 25.7 Å². The van der Waals surface area contributed by atoms with Gasteiger partial charge in [-0.3, -0.25) is 4.90 Å². The summed E-state index contributed by atoms with van der Waals surface area (Å²) in [5, 5.41) is 2.85. The quantitative estimate of drug-likeness (QED) is 0.925. The average Bonchev–Trinajstić information content (AvgIpc) is 2.43. The van der Waals surface area contributed by atoms with Crippen LogP contribution in [0.2, 0.25) is 0 Å². The number of alkyl carbamates (subject to hydrolysis) is 1. The van der Waals surface area contributed by atoms with Gasteiger partial charge in [0.1, 0.15) is 17.2 Å². The van der Waals surface area contributed by atoms with Crippen LogP contribution >= 0.6 is 0 Å². The molecule has 6 heteroatoms. The van der Waals surface area contributed by atoms with Crippen molar-refractivity contribution >= 4 is 6.09 Å². The van der Waals surface area contributed by atoms with Crippen LogP contribution in [-0.2, 0) is 11.3 Å². The second-order valence-corrected chi connectivity index (χ2v) is 6.90. The number of hydrogen-bond donors (Lipinski definition) is 1. The van der Waals surface area contributed by atoms with Crippen LogP contribution in [0.4, 0.5) is 13.6 Å². The van der Waals surface area contributed by atoms with Crippen molar-refractivity contribution in [2.24, 2.45) is 0 Å². The lowest BCUT2D eigenvalue weighted by molar-refractivity contribution is 0.0477. The number of amides is 1. The zero-order valence-electron chi connectivity index (χ0n) is 13.9. The molecule has 2 rings (SSSR count). The predicted molar refractivity (Wildman–Crippen MR) is 84.0 cm³/mol. The maximum Gasteiger partial charge on any atom is 0.407 e. The van der Waals surface area contributed by atoms with Gasteiger partial charge in [-0.15, -0.1) is 0 Å². The summed E-state index contributed by atoms with van der Waals surface area (Å²) in [5.74, 6) is -1.03. The molecule has 128 valence electrons.